The molecule has 0 bridgehead atoms. The van der Waals surface area contributed by atoms with Gasteiger partial charge in [-0.15, -0.1) is 0 Å². The zero-order chi connectivity index (χ0) is 12.3. The lowest BCUT2D eigenvalue weighted by Gasteiger charge is -2.06. The minimum atomic E-state index is -2.84. The van der Waals surface area contributed by atoms with Gasteiger partial charge in [0.2, 0.25) is 0 Å². The van der Waals surface area contributed by atoms with Crippen LogP contribution in [0.2, 0.25) is 0 Å². The predicted octanol–water partition coefficient (Wildman–Crippen LogP) is 1.97. The van der Waals surface area contributed by atoms with Crippen LogP contribution in [-0.2, 0) is 4.74 Å². The molecule has 0 aliphatic rings. The smallest absolute Gasteiger partial charge is 0.340 e. The predicted molar refractivity (Wildman–Crippen MR) is 47.1 cm³/mol. The Hall–Kier alpha value is -1.79. The lowest BCUT2D eigenvalue weighted by Crippen LogP contribution is -2.14. The third-order valence-electron chi connectivity index (χ3n) is 1.65. The van der Waals surface area contributed by atoms with E-state index in [9.17, 15) is 22.4 Å². The van der Waals surface area contributed by atoms with Gasteiger partial charge in [-0.1, -0.05) is 0 Å². The molecule has 0 saturated heterocycles. The Kier molecular flexibility index (Phi) is 3.70. The number of anilines is 1. The van der Waals surface area contributed by atoms with Crippen molar-refractivity contribution in [3.05, 3.63) is 29.3 Å². The molecule has 0 atom stereocenters. The fourth-order valence-electron chi connectivity index (χ4n) is 0.955. The summed E-state index contributed by atoms with van der Waals surface area (Å²) in [6, 6.07) is 1.08. The van der Waals surface area contributed by atoms with Gasteiger partial charge in [-0.2, -0.15) is 0 Å². The number of nitrogens with two attached hydrogens (primary N) is 1. The number of halogens is 4. The van der Waals surface area contributed by atoms with E-state index in [-0.39, 0.29) is 5.69 Å². The fourth-order valence-corrected chi connectivity index (χ4v) is 0.955. The fraction of sp³-hybridized carbons (Fsp3) is 0.222. The zero-order valence-electron chi connectivity index (χ0n) is 7.84. The molecule has 0 heterocycles. The Balaban J connectivity index is 2.87. The molecule has 7 heteroatoms. The van der Waals surface area contributed by atoms with Gasteiger partial charge in [0.05, 0.1) is 5.56 Å². The number of hydrogen-bond donors (Lipinski definition) is 1. The molecule has 0 unspecified atom stereocenters. The van der Waals surface area contributed by atoms with E-state index in [1.807, 2.05) is 0 Å². The van der Waals surface area contributed by atoms with Crippen LogP contribution in [0.1, 0.15) is 10.4 Å². The number of nitrogen functional groups attached to an aromatic ring is 1. The van der Waals surface area contributed by atoms with Gasteiger partial charge in [0.25, 0.3) is 6.43 Å². The summed E-state index contributed by atoms with van der Waals surface area (Å²) in [4.78, 5) is 11.1. The van der Waals surface area contributed by atoms with Crippen molar-refractivity contribution in [1.29, 1.82) is 0 Å². The number of esters is 1. The van der Waals surface area contributed by atoms with Crippen LogP contribution >= 0.6 is 0 Å². The van der Waals surface area contributed by atoms with E-state index in [0.717, 1.165) is 0 Å². The number of ether oxygens (including phenoxy) is 1. The first-order chi connectivity index (χ1) is 7.41. The van der Waals surface area contributed by atoms with Gasteiger partial charge in [-0.3, -0.25) is 0 Å². The van der Waals surface area contributed by atoms with Gasteiger partial charge in [0.1, 0.15) is 0 Å². The molecule has 0 radical (unpaired) electrons. The summed E-state index contributed by atoms with van der Waals surface area (Å²) >= 11 is 0. The minimum absolute atomic E-state index is 0.377. The Morgan fingerprint density at radius 3 is 2.44 bits per heavy atom. The van der Waals surface area contributed by atoms with E-state index < -0.39 is 36.2 Å². The molecule has 0 fully saturated rings. The maximum Gasteiger partial charge on any atom is 0.340 e. The normalized spacial score (nSPS) is 10.6. The molecule has 0 saturated carbocycles. The standard InChI is InChI=1S/C9H7F4NO2/c10-5-1-4(7(14)2-6(5)11)9(15)16-3-8(12)13/h1-2,8H,3,14H2. The monoisotopic (exact) mass is 237 g/mol. The highest BCUT2D eigenvalue weighted by atomic mass is 19.3. The number of carbonyl (C=O) groups excluding carboxylic acids is 1. The van der Waals surface area contributed by atoms with Crippen LogP contribution in [0.4, 0.5) is 23.2 Å². The Morgan fingerprint density at radius 1 is 1.31 bits per heavy atom. The van der Waals surface area contributed by atoms with Gasteiger partial charge in [-0.05, 0) is 6.07 Å². The molecule has 0 aliphatic heterocycles. The Labute approximate surface area is 87.8 Å². The van der Waals surface area contributed by atoms with Crippen LogP contribution in [0, 0.1) is 11.6 Å². The molecule has 1 aromatic rings. The average Bonchev–Trinajstić information content (AvgIpc) is 2.20. The summed E-state index contributed by atoms with van der Waals surface area (Å²) in [5, 5.41) is 0. The number of hydrogen-bond acceptors (Lipinski definition) is 3. The first-order valence-electron chi connectivity index (χ1n) is 4.11. The minimum Gasteiger partial charge on any atom is -0.456 e. The molecule has 2 N–H and O–H groups in total. The summed E-state index contributed by atoms with van der Waals surface area (Å²) in [5.41, 5.74) is 4.34. The lowest BCUT2D eigenvalue weighted by atomic mass is 10.1. The quantitative estimate of drug-likeness (QED) is 0.496. The molecule has 0 aromatic heterocycles. The van der Waals surface area contributed by atoms with Crippen LogP contribution in [0.15, 0.2) is 12.1 Å². The third kappa shape index (κ3) is 2.85. The summed E-state index contributed by atoms with van der Waals surface area (Å²) in [6.07, 6.45) is -2.84. The van der Waals surface area contributed by atoms with E-state index in [0.29, 0.717) is 12.1 Å². The van der Waals surface area contributed by atoms with Crippen LogP contribution < -0.4 is 5.73 Å². The summed E-state index contributed by atoms with van der Waals surface area (Å²) in [5.74, 6) is -3.77. The molecule has 3 nitrogen and oxygen atoms in total. The summed E-state index contributed by atoms with van der Waals surface area (Å²) < 4.78 is 52.9. The van der Waals surface area contributed by atoms with Crippen molar-refractivity contribution < 1.29 is 27.1 Å². The molecule has 1 aromatic carbocycles. The van der Waals surface area contributed by atoms with Crippen molar-refractivity contribution in [2.24, 2.45) is 0 Å². The summed E-state index contributed by atoms with van der Waals surface area (Å²) in [7, 11) is 0. The molecular formula is C9H7F4NO2. The van der Waals surface area contributed by atoms with Crippen molar-refractivity contribution in [2.75, 3.05) is 12.3 Å². The second-order valence-corrected chi connectivity index (χ2v) is 2.84. The zero-order valence-corrected chi connectivity index (χ0v) is 7.84. The van der Waals surface area contributed by atoms with Crippen LogP contribution in [0.25, 0.3) is 0 Å². The lowest BCUT2D eigenvalue weighted by molar-refractivity contribution is 0.0160. The Morgan fingerprint density at radius 2 is 1.88 bits per heavy atom. The van der Waals surface area contributed by atoms with Crippen molar-refractivity contribution >= 4 is 11.7 Å². The van der Waals surface area contributed by atoms with Gasteiger partial charge >= 0.3 is 5.97 Å². The Bertz CT molecular complexity index is 409. The van der Waals surface area contributed by atoms with Gasteiger partial charge < -0.3 is 10.5 Å². The van der Waals surface area contributed by atoms with Crippen molar-refractivity contribution in [3.8, 4) is 0 Å². The molecular weight excluding hydrogens is 230 g/mol. The van der Waals surface area contributed by atoms with E-state index in [2.05, 4.69) is 4.74 Å². The molecule has 0 amide bonds. The van der Waals surface area contributed by atoms with Gasteiger partial charge in [-0.25, -0.2) is 22.4 Å². The second kappa shape index (κ2) is 4.82. The molecule has 0 aliphatic carbocycles. The largest absolute Gasteiger partial charge is 0.456 e. The molecule has 0 spiro atoms. The van der Waals surface area contributed by atoms with E-state index >= 15 is 0 Å². The topological polar surface area (TPSA) is 52.3 Å². The first kappa shape index (κ1) is 12.3. The highest BCUT2D eigenvalue weighted by Crippen LogP contribution is 2.18. The van der Waals surface area contributed by atoms with Gasteiger partial charge in [0.15, 0.2) is 18.2 Å². The maximum atomic E-state index is 12.7. The van der Waals surface area contributed by atoms with Gasteiger partial charge in [0, 0.05) is 11.8 Å². The molecule has 88 valence electrons. The van der Waals surface area contributed by atoms with Crippen molar-refractivity contribution in [2.45, 2.75) is 6.43 Å². The van der Waals surface area contributed by atoms with Crippen LogP contribution in [-0.4, -0.2) is 19.0 Å². The third-order valence-corrected chi connectivity index (χ3v) is 1.65. The number of rotatable bonds is 3. The van der Waals surface area contributed by atoms with Crippen molar-refractivity contribution in [3.63, 3.8) is 0 Å². The van der Waals surface area contributed by atoms with Crippen LogP contribution in [0.3, 0.4) is 0 Å². The van der Waals surface area contributed by atoms with Crippen LogP contribution in [0.5, 0.6) is 0 Å². The van der Waals surface area contributed by atoms with E-state index in [1.165, 1.54) is 0 Å². The highest BCUT2D eigenvalue weighted by molar-refractivity contribution is 5.95. The average molecular weight is 237 g/mol. The second-order valence-electron chi connectivity index (χ2n) is 2.84. The first-order valence-corrected chi connectivity index (χ1v) is 4.11. The number of benzene rings is 1. The number of carbonyl (C=O) groups is 1. The highest BCUT2D eigenvalue weighted by Gasteiger charge is 2.17. The number of alkyl halides is 2. The van der Waals surface area contributed by atoms with E-state index in [1.54, 1.807) is 0 Å². The molecule has 16 heavy (non-hydrogen) atoms. The SMILES string of the molecule is Nc1cc(F)c(F)cc1C(=O)OCC(F)F. The van der Waals surface area contributed by atoms with Crippen molar-refractivity contribution in [1.82, 2.24) is 0 Å². The van der Waals surface area contributed by atoms with E-state index in [4.69, 9.17) is 5.73 Å². The maximum absolute atomic E-state index is 12.7. The summed E-state index contributed by atoms with van der Waals surface area (Å²) in [6.45, 7) is -1.13. The molecule has 1 rings (SSSR count).